The molecule has 3 atom stereocenters. The predicted molar refractivity (Wildman–Crippen MR) is 141 cm³/mol. The van der Waals surface area contributed by atoms with Crippen molar-refractivity contribution in [3.63, 3.8) is 0 Å². The van der Waals surface area contributed by atoms with Crippen molar-refractivity contribution in [2.75, 3.05) is 6.54 Å². The monoisotopic (exact) mass is 499 g/mol. The molecule has 0 aromatic heterocycles. The van der Waals surface area contributed by atoms with E-state index in [9.17, 15) is 24.8 Å². The summed E-state index contributed by atoms with van der Waals surface area (Å²) in [5.74, 6) is -1.09. The van der Waals surface area contributed by atoms with Crippen LogP contribution in [0.5, 0.6) is 0 Å². The van der Waals surface area contributed by atoms with Crippen LogP contribution in [0.1, 0.15) is 40.4 Å². The largest absolute Gasteiger partial charge is 0.386 e. The van der Waals surface area contributed by atoms with Crippen molar-refractivity contribution in [3.05, 3.63) is 111 Å². The van der Waals surface area contributed by atoms with Gasteiger partial charge in [-0.2, -0.15) is 0 Å². The summed E-state index contributed by atoms with van der Waals surface area (Å²) in [6, 6.07) is 22.7. The SMILES string of the molecule is C[C@H](CNC(=O)c1ccc([N+](=O)[O-])cc1)C[C@@H](Cc1ccccc1)C(=O)N=C1c2ccccc2C[C@H]1O. The molecule has 0 aliphatic heterocycles. The number of hydrogen-bond acceptors (Lipinski definition) is 5. The topological polar surface area (TPSA) is 122 Å². The molecule has 0 spiro atoms. The van der Waals surface area contributed by atoms with Crippen LogP contribution in [0.2, 0.25) is 0 Å². The van der Waals surface area contributed by atoms with Gasteiger partial charge in [0.1, 0.15) is 6.10 Å². The highest BCUT2D eigenvalue weighted by molar-refractivity contribution is 6.12. The van der Waals surface area contributed by atoms with Gasteiger partial charge in [-0.3, -0.25) is 19.7 Å². The smallest absolute Gasteiger partial charge is 0.269 e. The molecule has 0 saturated carbocycles. The summed E-state index contributed by atoms with van der Waals surface area (Å²) >= 11 is 0. The fourth-order valence-electron chi connectivity index (χ4n) is 4.62. The van der Waals surface area contributed by atoms with Crippen LogP contribution < -0.4 is 5.32 Å². The maximum absolute atomic E-state index is 13.4. The molecule has 8 heteroatoms. The molecule has 0 bridgehead atoms. The molecular formula is C29H29N3O5. The van der Waals surface area contributed by atoms with Crippen molar-refractivity contribution >= 4 is 23.2 Å². The second-order valence-electron chi connectivity index (χ2n) is 9.45. The Morgan fingerprint density at radius 2 is 1.73 bits per heavy atom. The third kappa shape index (κ3) is 6.54. The zero-order valence-corrected chi connectivity index (χ0v) is 20.5. The van der Waals surface area contributed by atoms with Gasteiger partial charge >= 0.3 is 0 Å². The van der Waals surface area contributed by atoms with Gasteiger partial charge in [0.25, 0.3) is 11.6 Å². The Balaban J connectivity index is 1.45. The predicted octanol–water partition coefficient (Wildman–Crippen LogP) is 4.14. The van der Waals surface area contributed by atoms with Crippen LogP contribution in [0.4, 0.5) is 5.69 Å². The Morgan fingerprint density at radius 3 is 2.43 bits per heavy atom. The third-order valence-corrected chi connectivity index (χ3v) is 6.57. The number of nitrogens with one attached hydrogen (secondary N) is 1. The second-order valence-corrected chi connectivity index (χ2v) is 9.45. The van der Waals surface area contributed by atoms with Crippen molar-refractivity contribution < 1.29 is 19.6 Å². The van der Waals surface area contributed by atoms with Crippen LogP contribution in [-0.2, 0) is 17.6 Å². The first-order chi connectivity index (χ1) is 17.8. The maximum atomic E-state index is 13.4. The first-order valence-corrected chi connectivity index (χ1v) is 12.3. The average molecular weight is 500 g/mol. The first-order valence-electron chi connectivity index (χ1n) is 12.3. The maximum Gasteiger partial charge on any atom is 0.269 e. The minimum atomic E-state index is -0.808. The summed E-state index contributed by atoms with van der Waals surface area (Å²) in [5.41, 5.74) is 3.46. The van der Waals surface area contributed by atoms with Crippen molar-refractivity contribution in [3.8, 4) is 0 Å². The molecule has 0 unspecified atom stereocenters. The van der Waals surface area contributed by atoms with Gasteiger partial charge in [0.2, 0.25) is 5.91 Å². The number of hydrogen-bond donors (Lipinski definition) is 2. The summed E-state index contributed by atoms with van der Waals surface area (Å²) in [6.45, 7) is 2.28. The quantitative estimate of drug-likeness (QED) is 0.338. The lowest BCUT2D eigenvalue weighted by molar-refractivity contribution is -0.384. The van der Waals surface area contributed by atoms with Crippen LogP contribution in [0, 0.1) is 22.0 Å². The highest BCUT2D eigenvalue weighted by Gasteiger charge is 2.29. The summed E-state index contributed by atoms with van der Waals surface area (Å²) in [7, 11) is 0. The number of rotatable bonds is 9. The number of aliphatic hydroxyl groups excluding tert-OH is 1. The normalized spacial score (nSPS) is 17.1. The lowest BCUT2D eigenvalue weighted by Gasteiger charge is -2.20. The summed E-state index contributed by atoms with van der Waals surface area (Å²) in [6.07, 6.45) is 0.617. The lowest BCUT2D eigenvalue weighted by atomic mass is 9.89. The number of nitrogens with zero attached hydrogens (tertiary/aromatic N) is 2. The molecule has 3 aromatic carbocycles. The molecule has 4 rings (SSSR count). The number of aliphatic hydroxyl groups is 1. The number of fused-ring (bicyclic) bond motifs is 1. The number of carbonyl (C=O) groups is 2. The van der Waals surface area contributed by atoms with Crippen LogP contribution in [0.15, 0.2) is 83.9 Å². The van der Waals surface area contributed by atoms with Crippen LogP contribution in [0.25, 0.3) is 0 Å². The number of non-ortho nitro benzene ring substituents is 1. The molecular weight excluding hydrogens is 470 g/mol. The Kier molecular flexibility index (Phi) is 8.20. The number of aliphatic imine (C=N–C) groups is 1. The zero-order valence-electron chi connectivity index (χ0n) is 20.5. The summed E-state index contributed by atoms with van der Waals surface area (Å²) in [4.78, 5) is 40.6. The standard InChI is InChI=1S/C29H29N3O5/c1-19(18-30-28(34)21-11-13-24(14-12-21)32(36)37)15-23(16-20-7-3-2-4-8-20)29(35)31-27-25-10-6-5-9-22(25)17-26(27)33/h2-14,19,23,26,33H,15-18H2,1H3,(H,30,34)/t19-,23-,26+/m0/s1. The molecule has 2 N–H and O–H groups in total. The number of amides is 2. The number of nitro groups is 1. The average Bonchev–Trinajstić information content (AvgIpc) is 3.22. The first kappa shape index (κ1) is 25.9. The number of carbonyl (C=O) groups excluding carboxylic acids is 2. The number of nitro benzene ring substituents is 1. The third-order valence-electron chi connectivity index (χ3n) is 6.57. The van der Waals surface area contributed by atoms with Crippen molar-refractivity contribution in [2.45, 2.75) is 32.3 Å². The van der Waals surface area contributed by atoms with E-state index in [1.165, 1.54) is 24.3 Å². The fraction of sp³-hybridized carbons (Fsp3) is 0.276. The highest BCUT2D eigenvalue weighted by atomic mass is 16.6. The van der Waals surface area contributed by atoms with Gasteiger partial charge in [-0.15, -0.1) is 0 Å². The number of benzene rings is 3. The van der Waals surface area contributed by atoms with E-state index in [1.54, 1.807) is 0 Å². The molecule has 190 valence electrons. The van der Waals surface area contributed by atoms with E-state index in [1.807, 2.05) is 61.5 Å². The van der Waals surface area contributed by atoms with Crippen LogP contribution in [0.3, 0.4) is 0 Å². The van der Waals surface area contributed by atoms with Gasteiger partial charge in [-0.1, -0.05) is 61.5 Å². The van der Waals surface area contributed by atoms with E-state index in [2.05, 4.69) is 10.3 Å². The molecule has 0 radical (unpaired) electrons. The van der Waals surface area contributed by atoms with Gasteiger partial charge in [-0.25, -0.2) is 4.99 Å². The molecule has 2 amide bonds. The van der Waals surface area contributed by atoms with Crippen molar-refractivity contribution in [2.24, 2.45) is 16.8 Å². The van der Waals surface area contributed by atoms with Gasteiger partial charge < -0.3 is 10.4 Å². The van der Waals surface area contributed by atoms with Gasteiger partial charge in [0.05, 0.1) is 10.6 Å². The molecule has 1 aliphatic carbocycles. The van der Waals surface area contributed by atoms with Gasteiger partial charge in [-0.05, 0) is 42.0 Å². The molecule has 1 aliphatic rings. The van der Waals surface area contributed by atoms with E-state index in [0.717, 1.165) is 16.7 Å². The van der Waals surface area contributed by atoms with E-state index >= 15 is 0 Å². The van der Waals surface area contributed by atoms with Crippen LogP contribution in [-0.4, -0.2) is 40.2 Å². The Labute approximate surface area is 215 Å². The Morgan fingerprint density at radius 1 is 1.05 bits per heavy atom. The minimum absolute atomic E-state index is 0.0411. The van der Waals surface area contributed by atoms with Gasteiger partial charge in [0.15, 0.2) is 0 Å². The van der Waals surface area contributed by atoms with Crippen molar-refractivity contribution in [1.82, 2.24) is 5.32 Å². The molecule has 0 saturated heterocycles. The minimum Gasteiger partial charge on any atom is -0.386 e. The zero-order chi connectivity index (χ0) is 26.4. The summed E-state index contributed by atoms with van der Waals surface area (Å²) in [5, 5.41) is 24.2. The van der Waals surface area contributed by atoms with E-state index in [-0.39, 0.29) is 23.4 Å². The van der Waals surface area contributed by atoms with Gasteiger partial charge in [0, 0.05) is 42.1 Å². The molecule has 0 fully saturated rings. The molecule has 37 heavy (non-hydrogen) atoms. The Bertz CT molecular complexity index is 1300. The van der Waals surface area contributed by atoms with E-state index in [0.29, 0.717) is 37.1 Å². The summed E-state index contributed by atoms with van der Waals surface area (Å²) < 4.78 is 0. The molecule has 8 nitrogen and oxygen atoms in total. The Hall–Kier alpha value is -4.17. The molecule has 0 heterocycles. The van der Waals surface area contributed by atoms with E-state index in [4.69, 9.17) is 0 Å². The lowest BCUT2D eigenvalue weighted by Crippen LogP contribution is -2.31. The second kappa shape index (κ2) is 11.7. The fourth-order valence-corrected chi connectivity index (χ4v) is 4.62. The van der Waals surface area contributed by atoms with Crippen LogP contribution >= 0.6 is 0 Å². The molecule has 3 aromatic rings. The van der Waals surface area contributed by atoms with Crippen molar-refractivity contribution in [1.29, 1.82) is 0 Å². The highest BCUT2D eigenvalue weighted by Crippen LogP contribution is 2.25. The van der Waals surface area contributed by atoms with E-state index < -0.39 is 16.9 Å².